The Labute approximate surface area is 113 Å². The number of nitrogens with zero attached hydrogens (tertiary/aromatic N) is 1. The summed E-state index contributed by atoms with van der Waals surface area (Å²) in [5.74, 6) is -0.948. The van der Waals surface area contributed by atoms with Crippen LogP contribution in [0.1, 0.15) is 10.4 Å². The number of carboxylic acid groups (broad SMARTS) is 1. The number of aromatic amines is 1. The van der Waals surface area contributed by atoms with Crippen LogP contribution in [0.5, 0.6) is 5.75 Å². The first-order valence-corrected chi connectivity index (χ1v) is 5.91. The zero-order chi connectivity index (χ0) is 14.1. The third-order valence-corrected chi connectivity index (χ3v) is 2.88. The number of carbonyl (C=O) groups is 1. The van der Waals surface area contributed by atoms with Crippen molar-refractivity contribution in [1.82, 2.24) is 9.97 Å². The Bertz CT molecular complexity index is 762. The molecule has 0 unspecified atom stereocenters. The Hall–Kier alpha value is -3.02. The minimum Gasteiger partial charge on any atom is -0.507 e. The van der Waals surface area contributed by atoms with Crippen molar-refractivity contribution < 1.29 is 15.0 Å². The molecular formula is C14H11N3O3. The van der Waals surface area contributed by atoms with Gasteiger partial charge in [-0.15, -0.1) is 0 Å². The highest BCUT2D eigenvalue weighted by atomic mass is 16.4. The number of nitrogens with one attached hydrogen (secondary N) is 2. The summed E-state index contributed by atoms with van der Waals surface area (Å²) in [6.45, 7) is 0. The molecule has 20 heavy (non-hydrogen) atoms. The van der Waals surface area contributed by atoms with Gasteiger partial charge in [0.1, 0.15) is 11.3 Å². The van der Waals surface area contributed by atoms with E-state index in [1.165, 1.54) is 12.1 Å². The highest BCUT2D eigenvalue weighted by Gasteiger charge is 2.11. The molecule has 2 aromatic carbocycles. The molecule has 100 valence electrons. The number of aromatic nitrogens is 2. The van der Waals surface area contributed by atoms with Gasteiger partial charge in [-0.3, -0.25) is 0 Å². The Morgan fingerprint density at radius 2 is 2.00 bits per heavy atom. The maximum atomic E-state index is 11.0. The van der Waals surface area contributed by atoms with Gasteiger partial charge in [0.25, 0.3) is 0 Å². The number of para-hydroxylation sites is 2. The standard InChI is InChI=1S/C14H11N3O3/c18-12-6-5-8(7-9(12)13(19)20)15-14-16-10-3-1-2-4-11(10)17-14/h1-7,18H,(H,19,20)(H2,15,16,17). The van der Waals surface area contributed by atoms with Crippen LogP contribution in [0.2, 0.25) is 0 Å². The molecule has 0 spiro atoms. The Morgan fingerprint density at radius 3 is 2.75 bits per heavy atom. The van der Waals surface area contributed by atoms with Crippen LogP contribution in [-0.2, 0) is 0 Å². The van der Waals surface area contributed by atoms with Gasteiger partial charge in [0.2, 0.25) is 5.95 Å². The average Bonchev–Trinajstić information content (AvgIpc) is 2.82. The minimum atomic E-state index is -1.18. The number of phenols is 1. The fourth-order valence-electron chi connectivity index (χ4n) is 1.93. The van der Waals surface area contributed by atoms with Crippen LogP contribution in [-0.4, -0.2) is 26.2 Å². The number of aromatic carboxylic acids is 1. The maximum Gasteiger partial charge on any atom is 0.339 e. The number of rotatable bonds is 3. The van der Waals surface area contributed by atoms with Crippen LogP contribution in [0.25, 0.3) is 11.0 Å². The van der Waals surface area contributed by atoms with Crippen LogP contribution >= 0.6 is 0 Å². The van der Waals surface area contributed by atoms with Crippen molar-refractivity contribution in [1.29, 1.82) is 0 Å². The molecule has 6 heteroatoms. The van der Waals surface area contributed by atoms with Crippen molar-refractivity contribution in [2.75, 3.05) is 5.32 Å². The third-order valence-electron chi connectivity index (χ3n) is 2.88. The van der Waals surface area contributed by atoms with Gasteiger partial charge in [-0.1, -0.05) is 12.1 Å². The predicted molar refractivity (Wildman–Crippen MR) is 74.4 cm³/mol. The van der Waals surface area contributed by atoms with Gasteiger partial charge in [0.15, 0.2) is 0 Å². The van der Waals surface area contributed by atoms with E-state index in [0.717, 1.165) is 11.0 Å². The normalized spacial score (nSPS) is 10.6. The van der Waals surface area contributed by atoms with E-state index in [2.05, 4.69) is 15.3 Å². The molecule has 0 atom stereocenters. The lowest BCUT2D eigenvalue weighted by Gasteiger charge is -2.05. The lowest BCUT2D eigenvalue weighted by Crippen LogP contribution is -1.99. The van der Waals surface area contributed by atoms with E-state index in [-0.39, 0.29) is 11.3 Å². The first-order valence-electron chi connectivity index (χ1n) is 5.91. The highest BCUT2D eigenvalue weighted by molar-refractivity contribution is 5.92. The van der Waals surface area contributed by atoms with E-state index in [1.807, 2.05) is 24.3 Å². The van der Waals surface area contributed by atoms with Gasteiger partial charge < -0.3 is 20.5 Å². The lowest BCUT2D eigenvalue weighted by atomic mass is 10.2. The Morgan fingerprint density at radius 1 is 1.20 bits per heavy atom. The number of carboxylic acids is 1. The molecule has 3 aromatic rings. The van der Waals surface area contributed by atoms with Crippen molar-refractivity contribution in [2.45, 2.75) is 0 Å². The van der Waals surface area contributed by atoms with Gasteiger partial charge in [-0.05, 0) is 30.3 Å². The number of aromatic hydroxyl groups is 1. The van der Waals surface area contributed by atoms with E-state index >= 15 is 0 Å². The molecule has 0 fully saturated rings. The molecule has 0 radical (unpaired) electrons. The molecule has 0 amide bonds. The van der Waals surface area contributed by atoms with Gasteiger partial charge >= 0.3 is 5.97 Å². The molecule has 6 nitrogen and oxygen atoms in total. The Kier molecular flexibility index (Phi) is 2.76. The molecule has 4 N–H and O–H groups in total. The number of hydrogen-bond acceptors (Lipinski definition) is 4. The van der Waals surface area contributed by atoms with Crippen LogP contribution in [0.4, 0.5) is 11.6 Å². The number of fused-ring (bicyclic) bond motifs is 1. The number of anilines is 2. The summed E-state index contributed by atoms with van der Waals surface area (Å²) >= 11 is 0. The first-order chi connectivity index (χ1) is 9.63. The van der Waals surface area contributed by atoms with Crippen molar-refractivity contribution in [2.24, 2.45) is 0 Å². The quantitative estimate of drug-likeness (QED) is 0.548. The zero-order valence-electron chi connectivity index (χ0n) is 10.3. The predicted octanol–water partition coefficient (Wildman–Crippen LogP) is 2.71. The lowest BCUT2D eigenvalue weighted by molar-refractivity contribution is 0.0694. The van der Waals surface area contributed by atoms with E-state index in [1.54, 1.807) is 6.07 Å². The van der Waals surface area contributed by atoms with Gasteiger partial charge in [-0.2, -0.15) is 0 Å². The molecule has 0 aliphatic rings. The van der Waals surface area contributed by atoms with Crippen LogP contribution < -0.4 is 5.32 Å². The zero-order valence-corrected chi connectivity index (χ0v) is 10.3. The van der Waals surface area contributed by atoms with Crippen molar-refractivity contribution in [3.8, 4) is 5.75 Å². The molecule has 0 bridgehead atoms. The van der Waals surface area contributed by atoms with Crippen LogP contribution in [0, 0.1) is 0 Å². The number of hydrogen-bond donors (Lipinski definition) is 4. The van der Waals surface area contributed by atoms with E-state index in [9.17, 15) is 9.90 Å². The fraction of sp³-hybridized carbons (Fsp3) is 0. The summed E-state index contributed by atoms with van der Waals surface area (Å²) in [4.78, 5) is 18.4. The molecule has 0 saturated heterocycles. The van der Waals surface area contributed by atoms with Crippen molar-refractivity contribution >= 4 is 28.6 Å². The van der Waals surface area contributed by atoms with E-state index < -0.39 is 5.97 Å². The van der Waals surface area contributed by atoms with E-state index in [4.69, 9.17) is 5.11 Å². The molecular weight excluding hydrogens is 258 g/mol. The second kappa shape index (κ2) is 4.58. The SMILES string of the molecule is O=C(O)c1cc(Nc2nc3ccccc3[nH]2)ccc1O. The maximum absolute atomic E-state index is 11.0. The second-order valence-electron chi connectivity index (χ2n) is 4.26. The van der Waals surface area contributed by atoms with Gasteiger partial charge in [0.05, 0.1) is 11.0 Å². The van der Waals surface area contributed by atoms with E-state index in [0.29, 0.717) is 11.6 Å². The molecule has 3 rings (SSSR count). The monoisotopic (exact) mass is 269 g/mol. The third kappa shape index (κ3) is 2.14. The van der Waals surface area contributed by atoms with Crippen LogP contribution in [0.15, 0.2) is 42.5 Å². The van der Waals surface area contributed by atoms with Crippen LogP contribution in [0.3, 0.4) is 0 Å². The molecule has 0 saturated carbocycles. The minimum absolute atomic E-state index is 0.161. The Balaban J connectivity index is 1.94. The summed E-state index contributed by atoms with van der Waals surface area (Å²) < 4.78 is 0. The summed E-state index contributed by atoms with van der Waals surface area (Å²) in [6.07, 6.45) is 0. The molecule has 1 aromatic heterocycles. The van der Waals surface area contributed by atoms with Gasteiger partial charge in [-0.25, -0.2) is 9.78 Å². The first kappa shape index (κ1) is 12.0. The summed E-state index contributed by atoms with van der Waals surface area (Å²) in [7, 11) is 0. The van der Waals surface area contributed by atoms with Gasteiger partial charge in [0, 0.05) is 5.69 Å². The molecule has 1 heterocycles. The smallest absolute Gasteiger partial charge is 0.339 e. The average molecular weight is 269 g/mol. The molecule has 0 aliphatic heterocycles. The number of H-pyrrole nitrogens is 1. The molecule has 0 aliphatic carbocycles. The number of benzene rings is 2. The largest absolute Gasteiger partial charge is 0.507 e. The topological polar surface area (TPSA) is 98.2 Å². The van der Waals surface area contributed by atoms with Crippen molar-refractivity contribution in [3.05, 3.63) is 48.0 Å². The fourth-order valence-corrected chi connectivity index (χ4v) is 1.93. The summed E-state index contributed by atoms with van der Waals surface area (Å²) in [6, 6.07) is 11.8. The number of imidazole rings is 1. The summed E-state index contributed by atoms with van der Waals surface area (Å²) in [5, 5.41) is 21.4. The van der Waals surface area contributed by atoms with Crippen molar-refractivity contribution in [3.63, 3.8) is 0 Å². The highest BCUT2D eigenvalue weighted by Crippen LogP contribution is 2.24. The second-order valence-corrected chi connectivity index (χ2v) is 4.26. The summed E-state index contributed by atoms with van der Waals surface area (Å²) in [5.41, 5.74) is 2.06.